The average molecular weight is 275 g/mol. The molecule has 3 heteroatoms. The molecule has 1 aromatic carbocycles. The van der Waals surface area contributed by atoms with Crippen LogP contribution in [0, 0.1) is 11.3 Å². The van der Waals surface area contributed by atoms with Crippen molar-refractivity contribution in [2.45, 2.75) is 40.2 Å². The van der Waals surface area contributed by atoms with Gasteiger partial charge in [0.25, 0.3) is 0 Å². The number of aliphatic hydroxyl groups is 1. The van der Waals surface area contributed by atoms with Crippen molar-refractivity contribution in [2.75, 3.05) is 0 Å². The van der Waals surface area contributed by atoms with Gasteiger partial charge < -0.3 is 5.11 Å². The summed E-state index contributed by atoms with van der Waals surface area (Å²) in [4.78, 5) is 0. The van der Waals surface area contributed by atoms with Gasteiger partial charge in [-0.25, -0.2) is 0 Å². The Hall–Kier alpha value is -0.240. The predicted molar refractivity (Wildman–Crippen MR) is 74.7 cm³/mol. The highest BCUT2D eigenvalue weighted by Crippen LogP contribution is 2.34. The summed E-state index contributed by atoms with van der Waals surface area (Å²) in [5.41, 5.74) is 1.02. The van der Waals surface area contributed by atoms with E-state index in [0.29, 0.717) is 16.0 Å². The van der Waals surface area contributed by atoms with Crippen molar-refractivity contribution in [3.05, 3.63) is 33.8 Å². The number of rotatable bonds is 3. The van der Waals surface area contributed by atoms with Gasteiger partial charge in [-0.3, -0.25) is 0 Å². The van der Waals surface area contributed by atoms with E-state index in [-0.39, 0.29) is 5.41 Å². The van der Waals surface area contributed by atoms with Gasteiger partial charge in [0.05, 0.1) is 16.1 Å². The summed E-state index contributed by atoms with van der Waals surface area (Å²) < 4.78 is 0. The van der Waals surface area contributed by atoms with E-state index in [1.165, 1.54) is 0 Å². The highest BCUT2D eigenvalue weighted by Gasteiger charge is 2.23. The molecule has 0 spiro atoms. The van der Waals surface area contributed by atoms with E-state index >= 15 is 0 Å². The Morgan fingerprint density at radius 1 is 1.18 bits per heavy atom. The minimum absolute atomic E-state index is 0.192. The third-order valence-corrected chi connectivity index (χ3v) is 4.12. The second-order valence-electron chi connectivity index (χ2n) is 5.69. The normalized spacial score (nSPS) is 15.7. The summed E-state index contributed by atoms with van der Waals surface area (Å²) in [6.45, 7) is 8.69. The summed E-state index contributed by atoms with van der Waals surface area (Å²) in [6.07, 6.45) is 0.237. The first kappa shape index (κ1) is 14.8. The van der Waals surface area contributed by atoms with Gasteiger partial charge in [-0.15, -0.1) is 0 Å². The Balaban J connectivity index is 2.76. The van der Waals surface area contributed by atoms with Crippen molar-refractivity contribution < 1.29 is 5.11 Å². The third-order valence-electron chi connectivity index (χ3n) is 3.38. The molecule has 0 bridgehead atoms. The SMILES string of the molecule is CC(CC(O)c1ccc(Cl)c(Cl)c1)C(C)(C)C. The molecule has 2 unspecified atom stereocenters. The lowest BCUT2D eigenvalue weighted by Gasteiger charge is -2.29. The molecule has 1 nitrogen and oxygen atoms in total. The average Bonchev–Trinajstić information content (AvgIpc) is 2.20. The largest absolute Gasteiger partial charge is 0.388 e. The van der Waals surface area contributed by atoms with E-state index in [2.05, 4.69) is 27.7 Å². The molecule has 0 radical (unpaired) electrons. The smallest absolute Gasteiger partial charge is 0.0793 e. The lowest BCUT2D eigenvalue weighted by atomic mass is 9.78. The first-order chi connectivity index (χ1) is 7.71. The zero-order valence-corrected chi connectivity index (χ0v) is 12.3. The molecule has 1 rings (SSSR count). The summed E-state index contributed by atoms with van der Waals surface area (Å²) >= 11 is 11.8. The van der Waals surface area contributed by atoms with Crippen molar-refractivity contribution in [3.63, 3.8) is 0 Å². The molecule has 2 atom stereocenters. The van der Waals surface area contributed by atoms with Crippen LogP contribution in [-0.4, -0.2) is 5.11 Å². The van der Waals surface area contributed by atoms with Crippen molar-refractivity contribution >= 4 is 23.2 Å². The minimum Gasteiger partial charge on any atom is -0.388 e. The molecular formula is C14H20Cl2O. The van der Waals surface area contributed by atoms with Crippen LogP contribution in [0.1, 0.15) is 45.8 Å². The highest BCUT2D eigenvalue weighted by atomic mass is 35.5. The van der Waals surface area contributed by atoms with Crippen LogP contribution >= 0.6 is 23.2 Å². The molecule has 0 amide bonds. The monoisotopic (exact) mass is 274 g/mol. The quantitative estimate of drug-likeness (QED) is 0.813. The molecule has 0 aliphatic heterocycles. The Morgan fingerprint density at radius 3 is 2.24 bits per heavy atom. The minimum atomic E-state index is -0.487. The van der Waals surface area contributed by atoms with Crippen molar-refractivity contribution in [1.82, 2.24) is 0 Å². The van der Waals surface area contributed by atoms with Gasteiger partial charge in [-0.05, 0) is 35.4 Å². The number of halogens is 2. The predicted octanol–water partition coefficient (Wildman–Crippen LogP) is 5.10. The molecule has 17 heavy (non-hydrogen) atoms. The van der Waals surface area contributed by atoms with Gasteiger partial charge in [0.15, 0.2) is 0 Å². The lowest BCUT2D eigenvalue weighted by molar-refractivity contribution is 0.111. The van der Waals surface area contributed by atoms with Crippen molar-refractivity contribution in [2.24, 2.45) is 11.3 Å². The fourth-order valence-corrected chi connectivity index (χ4v) is 1.85. The zero-order chi connectivity index (χ0) is 13.2. The molecule has 0 aromatic heterocycles. The molecule has 96 valence electrons. The van der Waals surface area contributed by atoms with Crippen molar-refractivity contribution in [1.29, 1.82) is 0 Å². The number of benzene rings is 1. The molecule has 0 aliphatic rings. The van der Waals surface area contributed by atoms with Crippen molar-refractivity contribution in [3.8, 4) is 0 Å². The maximum atomic E-state index is 10.2. The summed E-state index contributed by atoms with van der Waals surface area (Å²) in [6, 6.07) is 5.29. The van der Waals surface area contributed by atoms with Crippen LogP contribution in [0.15, 0.2) is 18.2 Å². The summed E-state index contributed by atoms with van der Waals surface area (Å²) in [7, 11) is 0. The molecular weight excluding hydrogens is 255 g/mol. The van der Waals surface area contributed by atoms with Crippen LogP contribution < -0.4 is 0 Å². The summed E-state index contributed by atoms with van der Waals surface area (Å²) in [5, 5.41) is 11.2. The lowest BCUT2D eigenvalue weighted by Crippen LogP contribution is -2.19. The maximum absolute atomic E-state index is 10.2. The fraction of sp³-hybridized carbons (Fsp3) is 0.571. The Bertz CT molecular complexity index is 382. The Kier molecular flexibility index (Phi) is 4.88. The first-order valence-electron chi connectivity index (χ1n) is 5.85. The highest BCUT2D eigenvalue weighted by molar-refractivity contribution is 6.42. The molecule has 0 fully saturated rings. The second-order valence-corrected chi connectivity index (χ2v) is 6.51. The van der Waals surface area contributed by atoms with Gasteiger partial charge in [-0.1, -0.05) is 57.0 Å². The van der Waals surface area contributed by atoms with Gasteiger partial charge in [-0.2, -0.15) is 0 Å². The molecule has 0 heterocycles. The van der Waals surface area contributed by atoms with Gasteiger partial charge >= 0.3 is 0 Å². The van der Waals surface area contributed by atoms with Crippen LogP contribution in [0.5, 0.6) is 0 Å². The van der Waals surface area contributed by atoms with Crippen LogP contribution in [0.25, 0.3) is 0 Å². The standard InChI is InChI=1S/C14H20Cl2O/c1-9(14(2,3)4)7-13(17)10-5-6-11(15)12(16)8-10/h5-6,8-9,13,17H,7H2,1-4H3. The van der Waals surface area contributed by atoms with Crippen LogP contribution in [-0.2, 0) is 0 Å². The molecule has 1 N–H and O–H groups in total. The second kappa shape index (κ2) is 5.60. The van der Waals surface area contributed by atoms with E-state index in [9.17, 15) is 5.11 Å². The van der Waals surface area contributed by atoms with Crippen LogP contribution in [0.2, 0.25) is 10.0 Å². The molecule has 1 aromatic rings. The van der Waals surface area contributed by atoms with Gasteiger partial charge in [0.1, 0.15) is 0 Å². The fourth-order valence-electron chi connectivity index (χ4n) is 1.54. The van der Waals surface area contributed by atoms with Gasteiger partial charge in [0, 0.05) is 0 Å². The van der Waals surface area contributed by atoms with Gasteiger partial charge in [0.2, 0.25) is 0 Å². The third kappa shape index (κ3) is 4.17. The first-order valence-corrected chi connectivity index (χ1v) is 6.60. The number of hydrogen-bond donors (Lipinski definition) is 1. The Labute approximate surface area is 114 Å². The van der Waals surface area contributed by atoms with Crippen LogP contribution in [0.3, 0.4) is 0 Å². The van der Waals surface area contributed by atoms with Crippen LogP contribution in [0.4, 0.5) is 0 Å². The summed E-state index contributed by atoms with van der Waals surface area (Å²) in [5.74, 6) is 0.423. The maximum Gasteiger partial charge on any atom is 0.0793 e. The van der Waals surface area contributed by atoms with E-state index in [1.807, 2.05) is 6.07 Å². The molecule has 0 aliphatic carbocycles. The topological polar surface area (TPSA) is 20.2 Å². The Morgan fingerprint density at radius 2 is 1.76 bits per heavy atom. The number of aliphatic hydroxyl groups excluding tert-OH is 1. The van der Waals surface area contributed by atoms with E-state index < -0.39 is 6.10 Å². The molecule has 0 saturated carbocycles. The zero-order valence-electron chi connectivity index (χ0n) is 10.8. The number of hydrogen-bond acceptors (Lipinski definition) is 1. The van der Waals surface area contributed by atoms with E-state index in [0.717, 1.165) is 12.0 Å². The van der Waals surface area contributed by atoms with E-state index in [4.69, 9.17) is 23.2 Å². The molecule has 0 saturated heterocycles. The van der Waals surface area contributed by atoms with E-state index in [1.54, 1.807) is 12.1 Å².